The third-order valence-electron chi connectivity index (χ3n) is 2.95. The van der Waals surface area contributed by atoms with Crippen LogP contribution in [0.2, 0.25) is 0 Å². The molecule has 1 N–H and O–H groups in total. The number of nitrogens with zero attached hydrogens (tertiary/aromatic N) is 1. The number of pyridine rings is 1. The Morgan fingerprint density at radius 1 is 1.20 bits per heavy atom. The highest BCUT2D eigenvalue weighted by Gasteiger charge is 2.13. The summed E-state index contributed by atoms with van der Waals surface area (Å²) < 4.78 is 13.3. The van der Waals surface area contributed by atoms with E-state index >= 15 is 0 Å². The average Bonchev–Trinajstić information content (AvgIpc) is 2.50. The molecule has 1 fully saturated rings. The molecule has 0 aromatic carbocycles. The maximum Gasteiger partial charge on any atom is 0.165 e. The Labute approximate surface area is 89.9 Å². The van der Waals surface area contributed by atoms with E-state index in [1.807, 2.05) is 0 Å². The molecular weight excluding hydrogens is 191 g/mol. The van der Waals surface area contributed by atoms with Crippen LogP contribution < -0.4 is 5.32 Å². The number of halogens is 1. The minimum atomic E-state index is -0.248. The molecule has 0 aliphatic heterocycles. The van der Waals surface area contributed by atoms with Crippen molar-refractivity contribution < 1.29 is 4.39 Å². The molecule has 1 aromatic rings. The van der Waals surface area contributed by atoms with Gasteiger partial charge in [0.2, 0.25) is 0 Å². The Bertz CT molecular complexity index is 306. The lowest BCUT2D eigenvalue weighted by molar-refractivity contribution is 0.591. The lowest BCUT2D eigenvalue weighted by Crippen LogP contribution is -2.19. The Hall–Kier alpha value is -1.12. The van der Waals surface area contributed by atoms with Gasteiger partial charge in [0.15, 0.2) is 11.6 Å². The van der Waals surface area contributed by atoms with Crippen molar-refractivity contribution in [2.75, 3.05) is 5.32 Å². The van der Waals surface area contributed by atoms with Gasteiger partial charge in [-0.3, -0.25) is 0 Å². The summed E-state index contributed by atoms with van der Waals surface area (Å²) in [6, 6.07) is 3.47. The van der Waals surface area contributed by atoms with Crippen LogP contribution in [0, 0.1) is 5.82 Å². The van der Waals surface area contributed by atoms with Gasteiger partial charge in [0.1, 0.15) is 0 Å². The van der Waals surface area contributed by atoms with Gasteiger partial charge >= 0.3 is 0 Å². The molecule has 0 bridgehead atoms. The molecule has 2 rings (SSSR count). The lowest BCUT2D eigenvalue weighted by Gasteiger charge is -2.16. The number of hydrogen-bond acceptors (Lipinski definition) is 2. The van der Waals surface area contributed by atoms with Crippen LogP contribution in [0.15, 0.2) is 18.3 Å². The van der Waals surface area contributed by atoms with E-state index in [1.54, 1.807) is 12.3 Å². The molecule has 1 aliphatic rings. The summed E-state index contributed by atoms with van der Waals surface area (Å²) in [5, 5.41) is 3.20. The van der Waals surface area contributed by atoms with Crippen LogP contribution in [0.25, 0.3) is 0 Å². The Balaban J connectivity index is 1.98. The first-order valence-electron chi connectivity index (χ1n) is 5.73. The standard InChI is InChI=1S/C12H17FN2/c13-11-8-5-9-14-12(11)15-10-6-3-1-2-4-7-10/h5,8-10H,1-4,6-7H2,(H,14,15). The van der Waals surface area contributed by atoms with E-state index in [-0.39, 0.29) is 5.82 Å². The molecular formula is C12H17FN2. The molecule has 1 saturated carbocycles. The van der Waals surface area contributed by atoms with Crippen LogP contribution in [0.5, 0.6) is 0 Å². The zero-order chi connectivity index (χ0) is 10.5. The number of aromatic nitrogens is 1. The molecule has 15 heavy (non-hydrogen) atoms. The van der Waals surface area contributed by atoms with Crippen molar-refractivity contribution in [2.24, 2.45) is 0 Å². The number of hydrogen-bond donors (Lipinski definition) is 1. The zero-order valence-corrected chi connectivity index (χ0v) is 8.88. The summed E-state index contributed by atoms with van der Waals surface area (Å²) in [5.74, 6) is 0.158. The molecule has 0 amide bonds. The van der Waals surface area contributed by atoms with Gasteiger partial charge in [-0.2, -0.15) is 0 Å². The third kappa shape index (κ3) is 2.91. The molecule has 0 unspecified atom stereocenters. The summed E-state index contributed by atoms with van der Waals surface area (Å²) in [4.78, 5) is 4.02. The van der Waals surface area contributed by atoms with E-state index in [4.69, 9.17) is 0 Å². The van der Waals surface area contributed by atoms with E-state index in [0.29, 0.717) is 11.9 Å². The van der Waals surface area contributed by atoms with Crippen molar-refractivity contribution in [3.05, 3.63) is 24.1 Å². The molecule has 0 radical (unpaired) electrons. The molecule has 0 saturated heterocycles. The van der Waals surface area contributed by atoms with Crippen molar-refractivity contribution in [1.82, 2.24) is 4.98 Å². The summed E-state index contributed by atoms with van der Waals surface area (Å²) in [6.07, 6.45) is 9.00. The highest BCUT2D eigenvalue weighted by atomic mass is 19.1. The second-order valence-corrected chi connectivity index (χ2v) is 4.17. The third-order valence-corrected chi connectivity index (χ3v) is 2.95. The monoisotopic (exact) mass is 208 g/mol. The molecule has 0 atom stereocenters. The normalized spacial score (nSPS) is 18.5. The van der Waals surface area contributed by atoms with E-state index < -0.39 is 0 Å². The van der Waals surface area contributed by atoms with Gasteiger partial charge in [-0.15, -0.1) is 0 Å². The molecule has 0 spiro atoms. The van der Waals surface area contributed by atoms with E-state index in [2.05, 4.69) is 10.3 Å². The predicted octanol–water partition coefficient (Wildman–Crippen LogP) is 3.36. The van der Waals surface area contributed by atoms with Crippen LogP contribution in [0.4, 0.5) is 10.2 Å². The Morgan fingerprint density at radius 3 is 2.60 bits per heavy atom. The van der Waals surface area contributed by atoms with Gasteiger partial charge in [-0.05, 0) is 25.0 Å². The summed E-state index contributed by atoms with van der Waals surface area (Å²) in [6.45, 7) is 0. The largest absolute Gasteiger partial charge is 0.365 e. The highest BCUT2D eigenvalue weighted by Crippen LogP contribution is 2.21. The SMILES string of the molecule is Fc1cccnc1NC1CCCCCC1. The number of rotatable bonds is 2. The first-order valence-corrected chi connectivity index (χ1v) is 5.73. The molecule has 1 heterocycles. The second-order valence-electron chi connectivity index (χ2n) is 4.17. The lowest BCUT2D eigenvalue weighted by atomic mass is 10.1. The van der Waals surface area contributed by atoms with Crippen LogP contribution in [-0.2, 0) is 0 Å². The zero-order valence-electron chi connectivity index (χ0n) is 8.88. The second kappa shape index (κ2) is 5.10. The van der Waals surface area contributed by atoms with Crippen molar-refractivity contribution in [2.45, 2.75) is 44.6 Å². The highest BCUT2D eigenvalue weighted by molar-refractivity contribution is 5.36. The average molecular weight is 208 g/mol. The molecule has 3 heteroatoms. The smallest absolute Gasteiger partial charge is 0.165 e. The van der Waals surface area contributed by atoms with Crippen molar-refractivity contribution >= 4 is 5.82 Å². The van der Waals surface area contributed by atoms with Gasteiger partial charge in [-0.25, -0.2) is 9.37 Å². The van der Waals surface area contributed by atoms with E-state index in [1.165, 1.54) is 31.7 Å². The van der Waals surface area contributed by atoms with Crippen molar-refractivity contribution in [3.8, 4) is 0 Å². The topological polar surface area (TPSA) is 24.9 Å². The molecule has 1 aliphatic carbocycles. The van der Waals surface area contributed by atoms with Gasteiger partial charge in [0.25, 0.3) is 0 Å². The maximum atomic E-state index is 13.3. The van der Waals surface area contributed by atoms with Crippen LogP contribution in [0.3, 0.4) is 0 Å². The summed E-state index contributed by atoms with van der Waals surface area (Å²) >= 11 is 0. The minimum Gasteiger partial charge on any atom is -0.365 e. The van der Waals surface area contributed by atoms with Gasteiger partial charge in [-0.1, -0.05) is 25.7 Å². The maximum absolute atomic E-state index is 13.3. The first kappa shape index (κ1) is 10.4. The van der Waals surface area contributed by atoms with Crippen LogP contribution >= 0.6 is 0 Å². The Kier molecular flexibility index (Phi) is 3.54. The van der Waals surface area contributed by atoms with Crippen molar-refractivity contribution in [1.29, 1.82) is 0 Å². The fourth-order valence-corrected chi connectivity index (χ4v) is 2.11. The first-order chi connectivity index (χ1) is 7.36. The van der Waals surface area contributed by atoms with Gasteiger partial charge in [0, 0.05) is 12.2 Å². The fourth-order valence-electron chi connectivity index (χ4n) is 2.11. The fraction of sp³-hybridized carbons (Fsp3) is 0.583. The molecule has 1 aromatic heterocycles. The number of nitrogens with one attached hydrogen (secondary N) is 1. The van der Waals surface area contributed by atoms with E-state index in [0.717, 1.165) is 12.8 Å². The summed E-state index contributed by atoms with van der Waals surface area (Å²) in [5.41, 5.74) is 0. The minimum absolute atomic E-state index is 0.248. The van der Waals surface area contributed by atoms with Crippen LogP contribution in [0.1, 0.15) is 38.5 Å². The molecule has 82 valence electrons. The number of anilines is 1. The van der Waals surface area contributed by atoms with Crippen LogP contribution in [-0.4, -0.2) is 11.0 Å². The van der Waals surface area contributed by atoms with Gasteiger partial charge in [0.05, 0.1) is 0 Å². The quantitative estimate of drug-likeness (QED) is 0.754. The predicted molar refractivity (Wildman–Crippen MR) is 59.3 cm³/mol. The van der Waals surface area contributed by atoms with Gasteiger partial charge < -0.3 is 5.32 Å². The van der Waals surface area contributed by atoms with E-state index in [9.17, 15) is 4.39 Å². The summed E-state index contributed by atoms with van der Waals surface area (Å²) in [7, 11) is 0. The van der Waals surface area contributed by atoms with Crippen molar-refractivity contribution in [3.63, 3.8) is 0 Å². The Morgan fingerprint density at radius 2 is 1.93 bits per heavy atom. The molecule has 2 nitrogen and oxygen atoms in total.